The van der Waals surface area contributed by atoms with Crippen molar-refractivity contribution in [3.05, 3.63) is 127 Å². The number of rotatable bonds is 4. The van der Waals surface area contributed by atoms with Gasteiger partial charge < -0.3 is 24.8 Å². The molecule has 0 fully saturated rings. The van der Waals surface area contributed by atoms with E-state index in [1.165, 1.54) is 44.5 Å². The minimum Gasteiger partial charge on any atom is -1.00 e. The number of halogens is 2. The largest absolute Gasteiger partial charge is 1.00 e. The molecule has 0 heterocycles. The van der Waals surface area contributed by atoms with Gasteiger partial charge in [-0.2, -0.15) is 0 Å². The Labute approximate surface area is 310 Å². The van der Waals surface area contributed by atoms with E-state index >= 15 is 0 Å². The van der Waals surface area contributed by atoms with Crippen molar-refractivity contribution in [2.75, 3.05) is 0 Å². The molecule has 48 heavy (non-hydrogen) atoms. The second kappa shape index (κ2) is 13.3. The first kappa shape index (κ1) is 37.2. The zero-order valence-corrected chi connectivity index (χ0v) is 34.6. The van der Waals surface area contributed by atoms with Crippen molar-refractivity contribution in [1.82, 2.24) is 0 Å². The molecule has 3 heteroatoms. The summed E-state index contributed by atoms with van der Waals surface area (Å²) in [5.74, 6) is 0. The standard InChI is InChI=1S/C27H29.C9H13.C9H10.2ClH.Zr/c1-16-7-9-26(3,4)24-12-18-11-19-13-25-21(17(2)8-10-27(25,5)6)15-23(19)22(18)14-20(16)24;1-9(2,3)8-6-4-5-7-8;1-2-6-9-7-4-3-5-8-9;;;/h7-8,11-15H,9-10H2,1-6H3;6-7H,4H2,1-3H3;3-5,7-8H,2H2,1H3;2*1H;/q;;;;;+2/p-2. The summed E-state index contributed by atoms with van der Waals surface area (Å²) in [5, 5.41) is 0. The molecule has 0 atom stereocenters. The summed E-state index contributed by atoms with van der Waals surface area (Å²) in [6.07, 6.45) is 14.7. The summed E-state index contributed by atoms with van der Waals surface area (Å²) in [4.78, 5) is 0. The Morgan fingerprint density at radius 2 is 1.23 bits per heavy atom. The first-order chi connectivity index (χ1) is 21.7. The van der Waals surface area contributed by atoms with Crippen molar-refractivity contribution in [2.45, 2.75) is 109 Å². The average Bonchev–Trinajstić information content (AvgIpc) is 3.63. The van der Waals surface area contributed by atoms with Crippen LogP contribution in [0.1, 0.15) is 137 Å². The Morgan fingerprint density at radius 1 is 0.729 bits per heavy atom. The molecular weight excluding hydrogens is 703 g/mol. The van der Waals surface area contributed by atoms with Crippen LogP contribution >= 0.6 is 0 Å². The van der Waals surface area contributed by atoms with Crippen LogP contribution in [-0.4, -0.2) is 3.21 Å². The molecule has 0 N–H and O–H groups in total. The molecule has 7 rings (SSSR count). The van der Waals surface area contributed by atoms with Crippen LogP contribution in [0.25, 0.3) is 22.3 Å². The SMILES string of the molecule is CC/[C](c1ccccc1)=[Zr+2](/[C]1=CC(C(C)(C)C)=CC1)[CH]1c2cc3c(cc2-c2cc4c(cc21)C(C)(C)CC=C4C)C(C)=CCC3(C)C.[Cl-].[Cl-]. The summed E-state index contributed by atoms with van der Waals surface area (Å²) >= 11 is -2.62. The minimum absolute atomic E-state index is 0. The van der Waals surface area contributed by atoms with E-state index < -0.39 is 21.3 Å². The van der Waals surface area contributed by atoms with Crippen LogP contribution in [0.5, 0.6) is 0 Å². The van der Waals surface area contributed by atoms with Gasteiger partial charge in [-0.3, -0.25) is 0 Å². The predicted molar refractivity (Wildman–Crippen MR) is 197 cm³/mol. The number of benzene rings is 3. The Hall–Kier alpha value is -2.05. The predicted octanol–water partition coefficient (Wildman–Crippen LogP) is 6.44. The van der Waals surface area contributed by atoms with E-state index in [9.17, 15) is 0 Å². The quantitative estimate of drug-likeness (QED) is 0.288. The van der Waals surface area contributed by atoms with Crippen molar-refractivity contribution >= 4 is 14.4 Å². The molecule has 4 aliphatic carbocycles. The summed E-state index contributed by atoms with van der Waals surface area (Å²) in [7, 11) is 0. The van der Waals surface area contributed by atoms with Gasteiger partial charge in [-0.05, 0) is 0 Å². The van der Waals surface area contributed by atoms with Crippen molar-refractivity contribution < 1.29 is 46.1 Å². The number of allylic oxidation sites excluding steroid dienone is 8. The molecule has 0 aromatic heterocycles. The second-order valence-electron chi connectivity index (χ2n) is 16.7. The molecule has 0 saturated carbocycles. The first-order valence-corrected chi connectivity index (χ1v) is 21.5. The third kappa shape index (κ3) is 6.14. The van der Waals surface area contributed by atoms with Gasteiger partial charge in [-0.1, -0.05) is 0 Å². The monoisotopic (exact) mass is 752 g/mol. The summed E-state index contributed by atoms with van der Waals surface area (Å²) in [5.41, 5.74) is 18.6. The molecule has 3 aromatic carbocycles. The topological polar surface area (TPSA) is 0 Å². The molecule has 0 bridgehead atoms. The molecule has 0 radical (unpaired) electrons. The van der Waals surface area contributed by atoms with Crippen LogP contribution in [-0.2, 0) is 32.1 Å². The average molecular weight is 755 g/mol. The minimum atomic E-state index is -2.62. The van der Waals surface area contributed by atoms with Crippen LogP contribution in [0.4, 0.5) is 0 Å². The Morgan fingerprint density at radius 3 is 1.67 bits per heavy atom. The molecular formula is C45H52Cl2Zr. The molecule has 0 unspecified atom stereocenters. The van der Waals surface area contributed by atoms with Crippen LogP contribution < -0.4 is 24.8 Å². The van der Waals surface area contributed by atoms with Gasteiger partial charge in [0.25, 0.3) is 0 Å². The molecule has 0 nitrogen and oxygen atoms in total. The van der Waals surface area contributed by atoms with E-state index in [1.54, 1.807) is 28.7 Å². The third-order valence-corrected chi connectivity index (χ3v) is 20.3. The smallest absolute Gasteiger partial charge is 1.00 e. The van der Waals surface area contributed by atoms with E-state index in [0.29, 0.717) is 3.63 Å². The molecule has 0 aliphatic heterocycles. The van der Waals surface area contributed by atoms with Crippen molar-refractivity contribution in [1.29, 1.82) is 0 Å². The zero-order chi connectivity index (χ0) is 32.8. The van der Waals surface area contributed by atoms with Crippen LogP contribution in [0, 0.1) is 5.41 Å². The summed E-state index contributed by atoms with van der Waals surface area (Å²) < 4.78 is 4.02. The maximum Gasteiger partial charge on any atom is -1.00 e. The summed E-state index contributed by atoms with van der Waals surface area (Å²) in [6, 6.07) is 22.2. The number of hydrogen-bond donors (Lipinski definition) is 0. The number of fused-ring (bicyclic) bond motifs is 5. The third-order valence-electron chi connectivity index (χ3n) is 11.6. The number of hydrogen-bond acceptors (Lipinski definition) is 0. The maximum atomic E-state index is 2.71. The van der Waals surface area contributed by atoms with Gasteiger partial charge in [0.05, 0.1) is 0 Å². The molecule has 3 aromatic rings. The van der Waals surface area contributed by atoms with Gasteiger partial charge in [0.2, 0.25) is 0 Å². The van der Waals surface area contributed by atoms with Crippen LogP contribution in [0.2, 0.25) is 0 Å². The van der Waals surface area contributed by atoms with E-state index in [4.69, 9.17) is 0 Å². The Bertz CT molecular complexity index is 1850. The second-order valence-corrected chi connectivity index (χ2v) is 23.3. The first-order valence-electron chi connectivity index (χ1n) is 17.6. The van der Waals surface area contributed by atoms with Gasteiger partial charge >= 0.3 is 288 Å². The molecule has 0 saturated heterocycles. The van der Waals surface area contributed by atoms with Crippen molar-refractivity contribution in [2.24, 2.45) is 5.41 Å². The normalized spacial score (nSPS) is 18.8. The van der Waals surface area contributed by atoms with Crippen LogP contribution in [0.3, 0.4) is 0 Å². The fourth-order valence-electron chi connectivity index (χ4n) is 8.66. The van der Waals surface area contributed by atoms with Gasteiger partial charge in [-0.25, -0.2) is 0 Å². The van der Waals surface area contributed by atoms with E-state index in [1.807, 2.05) is 0 Å². The Kier molecular flexibility index (Phi) is 10.3. The van der Waals surface area contributed by atoms with Gasteiger partial charge in [0, 0.05) is 0 Å². The summed E-state index contributed by atoms with van der Waals surface area (Å²) in [6.45, 7) is 24.1. The fourth-order valence-corrected chi connectivity index (χ4v) is 17.8. The van der Waals surface area contributed by atoms with Gasteiger partial charge in [0.1, 0.15) is 0 Å². The Balaban J connectivity index is 0.00000225. The van der Waals surface area contributed by atoms with E-state index in [2.05, 4.69) is 148 Å². The van der Waals surface area contributed by atoms with Crippen LogP contribution in [0.15, 0.2) is 87.8 Å². The van der Waals surface area contributed by atoms with Crippen molar-refractivity contribution in [3.63, 3.8) is 0 Å². The van der Waals surface area contributed by atoms with Gasteiger partial charge in [-0.15, -0.1) is 0 Å². The van der Waals surface area contributed by atoms with E-state index in [0.717, 1.165) is 25.7 Å². The molecule has 4 aliphatic rings. The zero-order valence-electron chi connectivity index (χ0n) is 30.7. The fraction of sp³-hybridized carbons (Fsp3) is 0.400. The van der Waals surface area contributed by atoms with Gasteiger partial charge in [0.15, 0.2) is 0 Å². The maximum absolute atomic E-state index is 2.71. The van der Waals surface area contributed by atoms with E-state index in [-0.39, 0.29) is 41.1 Å². The molecule has 0 spiro atoms. The molecule has 250 valence electrons. The molecule has 0 amide bonds. The van der Waals surface area contributed by atoms with Crippen molar-refractivity contribution in [3.8, 4) is 11.1 Å².